The Morgan fingerprint density at radius 2 is 2.00 bits per heavy atom. The van der Waals surface area contributed by atoms with Crippen LogP contribution in [0.2, 0.25) is 0 Å². The smallest absolute Gasteiger partial charge is 0.155 e. The number of carbonyl (C=O) groups is 1. The van der Waals surface area contributed by atoms with Crippen molar-refractivity contribution in [2.75, 3.05) is 7.05 Å². The molecule has 4 rings (SSSR count). The van der Waals surface area contributed by atoms with Crippen molar-refractivity contribution in [3.8, 4) is 0 Å². The average Bonchev–Trinajstić information content (AvgIpc) is 2.79. The molecule has 2 nitrogen and oxygen atoms in total. The average molecular weight is 317 g/mol. The zero-order valence-corrected chi connectivity index (χ0v) is 14.4. The van der Waals surface area contributed by atoms with Crippen molar-refractivity contribution in [3.05, 3.63) is 11.6 Å². The molecule has 0 aromatic rings. The van der Waals surface area contributed by atoms with Crippen molar-refractivity contribution in [1.29, 1.82) is 0 Å². The van der Waals surface area contributed by atoms with Crippen molar-refractivity contribution in [2.24, 2.45) is 34.1 Å². The molecule has 4 aliphatic rings. The Labute approximate surface area is 138 Å². The molecule has 3 heteroatoms. The minimum atomic E-state index is -1.21. The summed E-state index contributed by atoms with van der Waals surface area (Å²) < 4.78 is 15.6. The number of alkyl halides is 1. The fourth-order valence-corrected chi connectivity index (χ4v) is 6.62. The maximum absolute atomic E-state index is 15.6. The maximum Gasteiger partial charge on any atom is 0.155 e. The van der Waals surface area contributed by atoms with Crippen LogP contribution in [0, 0.1) is 29.1 Å². The molecule has 23 heavy (non-hydrogen) atoms. The Morgan fingerprint density at radius 1 is 1.17 bits per heavy atom. The van der Waals surface area contributed by atoms with E-state index in [1.54, 1.807) is 13.3 Å². The molecule has 3 unspecified atom stereocenters. The van der Waals surface area contributed by atoms with Gasteiger partial charge in [-0.05, 0) is 74.7 Å². The number of halogens is 1. The van der Waals surface area contributed by atoms with Crippen LogP contribution >= 0.6 is 0 Å². The molecule has 0 saturated heterocycles. The molecule has 0 aromatic carbocycles. The van der Waals surface area contributed by atoms with Gasteiger partial charge in [-0.1, -0.05) is 12.5 Å². The molecule has 6 atom stereocenters. The summed E-state index contributed by atoms with van der Waals surface area (Å²) in [6.45, 7) is 2.18. The number of hydrogen-bond donors (Lipinski definition) is 0. The minimum absolute atomic E-state index is 0.237. The topological polar surface area (TPSA) is 29.4 Å². The number of rotatable bonds is 1. The fourth-order valence-electron chi connectivity index (χ4n) is 6.62. The lowest BCUT2D eigenvalue weighted by Gasteiger charge is -2.54. The Morgan fingerprint density at radius 3 is 2.78 bits per heavy atom. The van der Waals surface area contributed by atoms with E-state index in [9.17, 15) is 4.79 Å². The Bertz CT molecular complexity index is 582. The normalized spacial score (nSPS) is 49.5. The highest BCUT2D eigenvalue weighted by Crippen LogP contribution is 2.65. The van der Waals surface area contributed by atoms with E-state index >= 15 is 4.39 Å². The number of fused-ring (bicyclic) bond motifs is 5. The molecule has 0 spiro atoms. The molecule has 126 valence electrons. The molecule has 0 heterocycles. The van der Waals surface area contributed by atoms with E-state index in [0.29, 0.717) is 35.9 Å². The number of allylic oxidation sites excluding steroid dienone is 1. The van der Waals surface area contributed by atoms with E-state index in [4.69, 9.17) is 0 Å². The molecule has 0 aromatic heterocycles. The van der Waals surface area contributed by atoms with Crippen LogP contribution < -0.4 is 0 Å². The fraction of sp³-hybridized carbons (Fsp3) is 0.800. The highest BCUT2D eigenvalue weighted by Gasteiger charge is 2.62. The summed E-state index contributed by atoms with van der Waals surface area (Å²) in [6, 6.07) is 0. The molecule has 3 saturated carbocycles. The second-order valence-corrected chi connectivity index (χ2v) is 8.55. The molecule has 0 bridgehead atoms. The SMILES string of the molecule is C/N=C/[C@@]1(F)CCC2C3CCC4=CC(=O)CC[C@@H]4C3CC[C@@]21C. The summed E-state index contributed by atoms with van der Waals surface area (Å²) in [5.41, 5.74) is -0.0409. The van der Waals surface area contributed by atoms with Crippen LogP contribution in [0.3, 0.4) is 0 Å². The largest absolute Gasteiger partial charge is 0.297 e. The van der Waals surface area contributed by atoms with Crippen LogP contribution in [0.5, 0.6) is 0 Å². The predicted octanol–water partition coefficient (Wildman–Crippen LogP) is 4.54. The van der Waals surface area contributed by atoms with Gasteiger partial charge in [-0.15, -0.1) is 0 Å². The van der Waals surface area contributed by atoms with E-state index < -0.39 is 5.67 Å². The number of nitrogens with zero attached hydrogens (tertiary/aromatic N) is 1. The standard InChI is InChI=1S/C20H28FNO/c1-19-9-7-16-15-6-4-14(23)11-13(15)3-5-17(16)18(19)8-10-20(19,21)12-22-2/h11-12,15-18H,3-10H2,1-2H3/b22-12+/t15-,16?,17?,18?,19-,20-/m0/s1. The third-order valence-electron chi connectivity index (χ3n) is 7.79. The van der Waals surface area contributed by atoms with Crippen molar-refractivity contribution in [2.45, 2.75) is 64.0 Å². The Balaban J connectivity index is 1.64. The van der Waals surface area contributed by atoms with Gasteiger partial charge in [-0.2, -0.15) is 0 Å². The van der Waals surface area contributed by atoms with E-state index in [-0.39, 0.29) is 5.41 Å². The Hall–Kier alpha value is -0.990. The van der Waals surface area contributed by atoms with Crippen LogP contribution in [0.4, 0.5) is 4.39 Å². The van der Waals surface area contributed by atoms with Gasteiger partial charge >= 0.3 is 0 Å². The zero-order valence-electron chi connectivity index (χ0n) is 14.4. The monoisotopic (exact) mass is 317 g/mol. The number of carbonyl (C=O) groups excluding carboxylic acids is 1. The first-order valence-corrected chi connectivity index (χ1v) is 9.34. The van der Waals surface area contributed by atoms with Crippen LogP contribution in [0.15, 0.2) is 16.6 Å². The van der Waals surface area contributed by atoms with E-state index in [2.05, 4.69) is 11.9 Å². The molecule has 0 radical (unpaired) electrons. The first-order valence-electron chi connectivity index (χ1n) is 9.34. The first-order chi connectivity index (χ1) is 11.0. The summed E-state index contributed by atoms with van der Waals surface area (Å²) >= 11 is 0. The zero-order chi connectivity index (χ0) is 16.2. The summed E-state index contributed by atoms with van der Waals surface area (Å²) in [5.74, 6) is 2.74. The summed E-state index contributed by atoms with van der Waals surface area (Å²) in [4.78, 5) is 15.8. The number of ketones is 1. The Kier molecular flexibility index (Phi) is 3.55. The third-order valence-corrected chi connectivity index (χ3v) is 7.79. The van der Waals surface area contributed by atoms with Gasteiger partial charge in [-0.3, -0.25) is 9.79 Å². The molecule has 3 fully saturated rings. The van der Waals surface area contributed by atoms with Gasteiger partial charge in [0, 0.05) is 25.1 Å². The second-order valence-electron chi connectivity index (χ2n) is 8.55. The lowest BCUT2D eigenvalue weighted by molar-refractivity contribution is -0.116. The quantitative estimate of drug-likeness (QED) is 0.653. The lowest BCUT2D eigenvalue weighted by Crippen LogP contribution is -2.51. The maximum atomic E-state index is 15.6. The van der Waals surface area contributed by atoms with Gasteiger partial charge in [0.2, 0.25) is 0 Å². The third kappa shape index (κ3) is 2.11. The van der Waals surface area contributed by atoms with Crippen LogP contribution in [0.25, 0.3) is 0 Å². The molecule has 0 amide bonds. The second kappa shape index (κ2) is 5.26. The van der Waals surface area contributed by atoms with Crippen molar-refractivity contribution in [3.63, 3.8) is 0 Å². The van der Waals surface area contributed by atoms with Crippen LogP contribution in [0.1, 0.15) is 58.3 Å². The van der Waals surface area contributed by atoms with Crippen molar-refractivity contribution in [1.82, 2.24) is 0 Å². The van der Waals surface area contributed by atoms with E-state index in [1.807, 2.05) is 6.08 Å². The molecular formula is C20H28FNO. The van der Waals surface area contributed by atoms with Gasteiger partial charge in [0.1, 0.15) is 0 Å². The first kappa shape index (κ1) is 15.5. The van der Waals surface area contributed by atoms with E-state index in [1.165, 1.54) is 5.57 Å². The summed E-state index contributed by atoms with van der Waals surface area (Å²) in [6.07, 6.45) is 11.2. The number of hydrogen-bond acceptors (Lipinski definition) is 2. The van der Waals surface area contributed by atoms with Gasteiger partial charge < -0.3 is 0 Å². The summed E-state index contributed by atoms with van der Waals surface area (Å²) in [5, 5.41) is 0. The van der Waals surface area contributed by atoms with Crippen LogP contribution in [-0.4, -0.2) is 24.7 Å². The van der Waals surface area contributed by atoms with E-state index in [0.717, 1.165) is 44.9 Å². The molecular weight excluding hydrogens is 289 g/mol. The molecule has 4 aliphatic carbocycles. The minimum Gasteiger partial charge on any atom is -0.297 e. The van der Waals surface area contributed by atoms with Crippen LogP contribution in [-0.2, 0) is 4.79 Å². The van der Waals surface area contributed by atoms with Crippen molar-refractivity contribution < 1.29 is 9.18 Å². The lowest BCUT2D eigenvalue weighted by atomic mass is 9.51. The molecule has 0 aliphatic heterocycles. The van der Waals surface area contributed by atoms with Gasteiger partial charge in [0.15, 0.2) is 11.5 Å². The van der Waals surface area contributed by atoms with Gasteiger partial charge in [0.05, 0.1) is 0 Å². The van der Waals surface area contributed by atoms with Crippen molar-refractivity contribution >= 4 is 12.0 Å². The van der Waals surface area contributed by atoms with Gasteiger partial charge in [-0.25, -0.2) is 4.39 Å². The predicted molar refractivity (Wildman–Crippen MR) is 90.3 cm³/mol. The molecule has 0 N–H and O–H groups in total. The summed E-state index contributed by atoms with van der Waals surface area (Å²) in [7, 11) is 1.69. The highest BCUT2D eigenvalue weighted by molar-refractivity contribution is 5.91. The van der Waals surface area contributed by atoms with Gasteiger partial charge in [0.25, 0.3) is 0 Å². The number of aliphatic imine (C=N–C) groups is 1. The highest BCUT2D eigenvalue weighted by atomic mass is 19.1.